The van der Waals surface area contributed by atoms with Gasteiger partial charge in [-0.2, -0.15) is 0 Å². The van der Waals surface area contributed by atoms with E-state index in [0.29, 0.717) is 6.61 Å². The molecule has 0 heterocycles. The molecule has 0 bridgehead atoms. The monoisotopic (exact) mass is 261 g/mol. The molecule has 1 N–H and O–H groups in total. The number of rotatable bonds is 5. The molecule has 98 valence electrons. The van der Waals surface area contributed by atoms with Crippen LogP contribution in [0.1, 0.15) is 39.0 Å². The summed E-state index contributed by atoms with van der Waals surface area (Å²) in [5.41, 5.74) is 0. The molecule has 1 fully saturated rings. The number of alkyl carbamates (subject to hydrolysis) is 1. The standard InChI is InChI=1S/C12H20ClNO3/c1-2-17-12(16)14-11(10(15)8-13)9-6-4-3-5-7-9/h9,11H,2-8H2,1H3,(H,14,16). The Morgan fingerprint density at radius 3 is 2.53 bits per heavy atom. The normalized spacial score (nSPS) is 18.5. The van der Waals surface area contributed by atoms with Crippen molar-refractivity contribution in [2.45, 2.75) is 45.1 Å². The fourth-order valence-corrected chi connectivity index (χ4v) is 2.48. The fourth-order valence-electron chi connectivity index (χ4n) is 2.31. The molecule has 0 saturated heterocycles. The second kappa shape index (κ2) is 7.54. The Morgan fingerprint density at radius 1 is 1.35 bits per heavy atom. The van der Waals surface area contributed by atoms with Crippen molar-refractivity contribution >= 4 is 23.5 Å². The van der Waals surface area contributed by atoms with E-state index in [2.05, 4.69) is 5.32 Å². The highest BCUT2D eigenvalue weighted by molar-refractivity contribution is 6.28. The predicted octanol–water partition coefficient (Wildman–Crippen LogP) is 2.49. The molecule has 1 saturated carbocycles. The maximum atomic E-state index is 11.7. The van der Waals surface area contributed by atoms with Crippen LogP contribution in [0.25, 0.3) is 0 Å². The summed E-state index contributed by atoms with van der Waals surface area (Å²) in [5, 5.41) is 2.64. The third kappa shape index (κ3) is 4.54. The van der Waals surface area contributed by atoms with Crippen LogP contribution < -0.4 is 5.32 Å². The van der Waals surface area contributed by atoms with E-state index in [4.69, 9.17) is 16.3 Å². The minimum absolute atomic E-state index is 0.0619. The van der Waals surface area contributed by atoms with Crippen LogP contribution in [0, 0.1) is 5.92 Å². The number of amides is 1. The molecule has 1 unspecified atom stereocenters. The highest BCUT2D eigenvalue weighted by Gasteiger charge is 2.30. The number of Topliss-reactive ketones (excluding diaryl/α,β-unsaturated/α-hetero) is 1. The number of nitrogens with one attached hydrogen (secondary N) is 1. The fraction of sp³-hybridized carbons (Fsp3) is 0.833. The van der Waals surface area contributed by atoms with Gasteiger partial charge in [-0.1, -0.05) is 19.3 Å². The Labute approximate surface area is 107 Å². The summed E-state index contributed by atoms with van der Waals surface area (Å²) in [7, 11) is 0. The number of alkyl halides is 1. The summed E-state index contributed by atoms with van der Waals surface area (Å²) in [5.74, 6) is 0.0270. The quantitative estimate of drug-likeness (QED) is 0.774. The lowest BCUT2D eigenvalue weighted by Crippen LogP contribution is -2.47. The first kappa shape index (κ1) is 14.3. The van der Waals surface area contributed by atoms with E-state index in [0.717, 1.165) is 25.7 Å². The molecule has 1 atom stereocenters. The van der Waals surface area contributed by atoms with Gasteiger partial charge in [0.2, 0.25) is 0 Å². The van der Waals surface area contributed by atoms with Gasteiger partial charge in [0.05, 0.1) is 18.5 Å². The topological polar surface area (TPSA) is 55.4 Å². The average molecular weight is 262 g/mol. The molecule has 0 spiro atoms. The Balaban J connectivity index is 2.58. The zero-order valence-electron chi connectivity index (χ0n) is 10.2. The van der Waals surface area contributed by atoms with Crippen molar-refractivity contribution in [1.29, 1.82) is 0 Å². The maximum absolute atomic E-state index is 11.7. The van der Waals surface area contributed by atoms with E-state index in [-0.39, 0.29) is 17.6 Å². The third-order valence-corrected chi connectivity index (χ3v) is 3.41. The van der Waals surface area contributed by atoms with Crippen LogP contribution in [0.5, 0.6) is 0 Å². The van der Waals surface area contributed by atoms with E-state index < -0.39 is 12.1 Å². The number of ketones is 1. The van der Waals surface area contributed by atoms with Gasteiger partial charge in [-0.3, -0.25) is 4.79 Å². The summed E-state index contributed by atoms with van der Waals surface area (Å²) >= 11 is 5.58. The second-order valence-corrected chi connectivity index (χ2v) is 4.61. The number of carbonyl (C=O) groups is 2. The number of carbonyl (C=O) groups excluding carboxylic acids is 2. The molecular weight excluding hydrogens is 242 g/mol. The summed E-state index contributed by atoms with van der Waals surface area (Å²) in [6.07, 6.45) is 4.85. The lowest BCUT2D eigenvalue weighted by Gasteiger charge is -2.29. The van der Waals surface area contributed by atoms with Gasteiger partial charge < -0.3 is 10.1 Å². The van der Waals surface area contributed by atoms with Gasteiger partial charge >= 0.3 is 6.09 Å². The smallest absolute Gasteiger partial charge is 0.407 e. The van der Waals surface area contributed by atoms with Gasteiger partial charge in [-0.25, -0.2) is 4.79 Å². The Kier molecular flexibility index (Phi) is 6.34. The van der Waals surface area contributed by atoms with Crippen molar-refractivity contribution in [3.8, 4) is 0 Å². The lowest BCUT2D eigenvalue weighted by molar-refractivity contribution is -0.120. The first-order valence-corrected chi connectivity index (χ1v) is 6.74. The molecular formula is C12H20ClNO3. The molecule has 1 aliphatic carbocycles. The van der Waals surface area contributed by atoms with Crippen LogP contribution in [0.4, 0.5) is 4.79 Å². The number of hydrogen-bond donors (Lipinski definition) is 1. The zero-order valence-corrected chi connectivity index (χ0v) is 11.0. The summed E-state index contributed by atoms with van der Waals surface area (Å²) in [6.45, 7) is 2.04. The van der Waals surface area contributed by atoms with Gasteiger partial charge in [-0.05, 0) is 25.7 Å². The average Bonchev–Trinajstić information content (AvgIpc) is 2.36. The first-order chi connectivity index (χ1) is 8.19. The molecule has 0 aromatic rings. The number of halogens is 1. The van der Waals surface area contributed by atoms with Gasteiger partial charge in [0, 0.05) is 0 Å². The highest BCUT2D eigenvalue weighted by Crippen LogP contribution is 2.27. The number of hydrogen-bond acceptors (Lipinski definition) is 3. The molecule has 0 radical (unpaired) electrons. The first-order valence-electron chi connectivity index (χ1n) is 6.21. The van der Waals surface area contributed by atoms with Crippen molar-refractivity contribution < 1.29 is 14.3 Å². The minimum Gasteiger partial charge on any atom is -0.450 e. The van der Waals surface area contributed by atoms with E-state index in [1.165, 1.54) is 6.42 Å². The molecule has 4 nitrogen and oxygen atoms in total. The van der Waals surface area contributed by atoms with Crippen LogP contribution >= 0.6 is 11.6 Å². The molecule has 1 amide bonds. The minimum atomic E-state index is -0.526. The van der Waals surface area contributed by atoms with Gasteiger partial charge in [-0.15, -0.1) is 11.6 Å². The van der Waals surface area contributed by atoms with E-state index in [1.54, 1.807) is 6.92 Å². The number of ether oxygens (including phenoxy) is 1. The molecule has 1 rings (SSSR count). The SMILES string of the molecule is CCOC(=O)NC(C(=O)CCl)C1CCCCC1. The summed E-state index contributed by atoms with van der Waals surface area (Å²) in [4.78, 5) is 23.1. The Morgan fingerprint density at radius 2 is 2.00 bits per heavy atom. The van der Waals surface area contributed by atoms with Gasteiger partial charge in [0.1, 0.15) is 0 Å². The van der Waals surface area contributed by atoms with Crippen LogP contribution in [0.15, 0.2) is 0 Å². The summed E-state index contributed by atoms with van der Waals surface area (Å²) < 4.78 is 4.81. The maximum Gasteiger partial charge on any atom is 0.407 e. The van der Waals surface area contributed by atoms with Crippen LogP contribution in [-0.2, 0) is 9.53 Å². The van der Waals surface area contributed by atoms with E-state index in [1.807, 2.05) is 0 Å². The van der Waals surface area contributed by atoms with E-state index >= 15 is 0 Å². The van der Waals surface area contributed by atoms with E-state index in [9.17, 15) is 9.59 Å². The lowest BCUT2D eigenvalue weighted by atomic mass is 9.82. The van der Waals surface area contributed by atoms with Crippen molar-refractivity contribution in [1.82, 2.24) is 5.32 Å². The molecule has 0 aromatic heterocycles. The molecule has 17 heavy (non-hydrogen) atoms. The molecule has 0 aromatic carbocycles. The van der Waals surface area contributed by atoms with Crippen LogP contribution in [0.3, 0.4) is 0 Å². The molecule has 5 heteroatoms. The Bertz CT molecular complexity index is 264. The largest absolute Gasteiger partial charge is 0.450 e. The predicted molar refractivity (Wildman–Crippen MR) is 66.2 cm³/mol. The van der Waals surface area contributed by atoms with Crippen LogP contribution in [-0.4, -0.2) is 30.4 Å². The van der Waals surface area contributed by atoms with Gasteiger partial charge in [0.25, 0.3) is 0 Å². The zero-order chi connectivity index (χ0) is 12.7. The summed E-state index contributed by atoms with van der Waals surface area (Å²) in [6, 6.07) is -0.480. The van der Waals surface area contributed by atoms with Crippen molar-refractivity contribution in [2.75, 3.05) is 12.5 Å². The van der Waals surface area contributed by atoms with Gasteiger partial charge in [0.15, 0.2) is 5.78 Å². The third-order valence-electron chi connectivity index (χ3n) is 3.15. The molecule has 0 aliphatic heterocycles. The molecule has 1 aliphatic rings. The second-order valence-electron chi connectivity index (χ2n) is 4.34. The highest BCUT2D eigenvalue weighted by atomic mass is 35.5. The van der Waals surface area contributed by atoms with Crippen LogP contribution in [0.2, 0.25) is 0 Å². The van der Waals surface area contributed by atoms with Crippen molar-refractivity contribution in [3.63, 3.8) is 0 Å². The van der Waals surface area contributed by atoms with Crippen molar-refractivity contribution in [2.24, 2.45) is 5.92 Å². The van der Waals surface area contributed by atoms with Crippen molar-refractivity contribution in [3.05, 3.63) is 0 Å². The Hall–Kier alpha value is -0.770.